The molecule has 0 aromatic heterocycles. The fraction of sp³-hybridized carbons (Fsp3) is 0.231. The third-order valence-electron chi connectivity index (χ3n) is 2.23. The molecule has 0 radical (unpaired) electrons. The molecule has 114 valence electrons. The summed E-state index contributed by atoms with van der Waals surface area (Å²) in [7, 11) is 0. The summed E-state index contributed by atoms with van der Waals surface area (Å²) in [5.74, 6) is -1.70. The average Bonchev–Trinajstić information content (AvgIpc) is 2.38. The summed E-state index contributed by atoms with van der Waals surface area (Å²) in [5, 5.41) is 1.72. The zero-order valence-corrected chi connectivity index (χ0v) is 11.6. The summed E-state index contributed by atoms with van der Waals surface area (Å²) in [6.07, 6.45) is -2.20. The first-order chi connectivity index (χ1) is 9.75. The molecule has 1 amide bonds. The van der Waals surface area contributed by atoms with Crippen LogP contribution in [0.15, 0.2) is 30.4 Å². The van der Waals surface area contributed by atoms with E-state index in [-0.39, 0.29) is 5.02 Å². The van der Waals surface area contributed by atoms with E-state index >= 15 is 0 Å². The molecule has 0 aliphatic rings. The van der Waals surface area contributed by atoms with Crippen molar-refractivity contribution in [1.29, 1.82) is 0 Å². The molecule has 0 unspecified atom stereocenters. The predicted octanol–water partition coefficient (Wildman–Crippen LogP) is 3.42. The quantitative estimate of drug-likeness (QED) is 0.683. The molecule has 21 heavy (non-hydrogen) atoms. The average molecular weight is 322 g/mol. The SMILES string of the molecule is C/C=C/C(=O)OCC(=O)Nc1c(Cl)cccc1C(F)(F)F. The molecule has 1 N–H and O–H groups in total. The first kappa shape index (κ1) is 17.0. The van der Waals surface area contributed by atoms with Crippen LogP contribution in [-0.4, -0.2) is 18.5 Å². The summed E-state index contributed by atoms with van der Waals surface area (Å²) in [5.41, 5.74) is -1.65. The van der Waals surface area contributed by atoms with Crippen LogP contribution >= 0.6 is 11.6 Å². The Labute approximate surface area is 123 Å². The van der Waals surface area contributed by atoms with Gasteiger partial charge in [0, 0.05) is 6.08 Å². The van der Waals surface area contributed by atoms with Crippen molar-refractivity contribution in [2.45, 2.75) is 13.1 Å². The highest BCUT2D eigenvalue weighted by molar-refractivity contribution is 6.34. The Morgan fingerprint density at radius 3 is 2.62 bits per heavy atom. The van der Waals surface area contributed by atoms with E-state index in [4.69, 9.17) is 11.6 Å². The first-order valence-electron chi connectivity index (χ1n) is 5.70. The van der Waals surface area contributed by atoms with Crippen LogP contribution in [0.3, 0.4) is 0 Å². The maximum atomic E-state index is 12.8. The van der Waals surface area contributed by atoms with Gasteiger partial charge in [0.2, 0.25) is 0 Å². The van der Waals surface area contributed by atoms with E-state index < -0.39 is 35.9 Å². The van der Waals surface area contributed by atoms with Gasteiger partial charge >= 0.3 is 12.1 Å². The van der Waals surface area contributed by atoms with E-state index in [0.29, 0.717) is 0 Å². The number of anilines is 1. The van der Waals surface area contributed by atoms with Gasteiger partial charge in [0.05, 0.1) is 16.3 Å². The minimum Gasteiger partial charge on any atom is -0.452 e. The van der Waals surface area contributed by atoms with E-state index in [1.165, 1.54) is 12.1 Å². The van der Waals surface area contributed by atoms with E-state index in [1.807, 2.05) is 5.32 Å². The van der Waals surface area contributed by atoms with Crippen LogP contribution in [0.25, 0.3) is 0 Å². The van der Waals surface area contributed by atoms with Gasteiger partial charge in [-0.05, 0) is 19.1 Å². The molecule has 0 saturated carbocycles. The monoisotopic (exact) mass is 321 g/mol. The van der Waals surface area contributed by atoms with E-state index in [2.05, 4.69) is 4.74 Å². The Balaban J connectivity index is 2.83. The van der Waals surface area contributed by atoms with Crippen LogP contribution in [0.5, 0.6) is 0 Å². The van der Waals surface area contributed by atoms with Gasteiger partial charge in [-0.15, -0.1) is 0 Å². The number of esters is 1. The second kappa shape index (κ2) is 7.12. The number of alkyl halides is 3. The lowest BCUT2D eigenvalue weighted by atomic mass is 10.1. The number of amides is 1. The number of nitrogens with one attached hydrogen (secondary N) is 1. The van der Waals surface area contributed by atoms with Crippen molar-refractivity contribution >= 4 is 29.2 Å². The predicted molar refractivity (Wildman–Crippen MR) is 70.9 cm³/mol. The second-order valence-electron chi connectivity index (χ2n) is 3.82. The molecule has 4 nitrogen and oxygen atoms in total. The topological polar surface area (TPSA) is 55.4 Å². The third-order valence-corrected chi connectivity index (χ3v) is 2.55. The van der Waals surface area contributed by atoms with Crippen LogP contribution < -0.4 is 5.32 Å². The van der Waals surface area contributed by atoms with Gasteiger partial charge in [0.1, 0.15) is 0 Å². The molecule has 0 atom stereocenters. The van der Waals surface area contributed by atoms with Crippen molar-refractivity contribution in [2.24, 2.45) is 0 Å². The zero-order valence-electron chi connectivity index (χ0n) is 10.8. The Kier molecular flexibility index (Phi) is 5.78. The number of allylic oxidation sites excluding steroid dienone is 1. The third kappa shape index (κ3) is 5.11. The Morgan fingerprint density at radius 1 is 1.38 bits per heavy atom. The number of hydrogen-bond acceptors (Lipinski definition) is 3. The number of ether oxygens (including phenoxy) is 1. The van der Waals surface area contributed by atoms with Gasteiger partial charge in [0.25, 0.3) is 5.91 Å². The van der Waals surface area contributed by atoms with Gasteiger partial charge in [-0.2, -0.15) is 13.2 Å². The van der Waals surface area contributed by atoms with Crippen molar-refractivity contribution in [2.75, 3.05) is 11.9 Å². The Morgan fingerprint density at radius 2 is 2.05 bits per heavy atom. The molecule has 0 spiro atoms. The number of hydrogen-bond donors (Lipinski definition) is 1. The van der Waals surface area contributed by atoms with Gasteiger partial charge in [0.15, 0.2) is 6.61 Å². The summed E-state index contributed by atoms with van der Waals surface area (Å²) in [6, 6.07) is 3.11. The van der Waals surface area contributed by atoms with Gasteiger partial charge in [-0.1, -0.05) is 23.7 Å². The molecule has 0 saturated heterocycles. The lowest BCUT2D eigenvalue weighted by Crippen LogP contribution is -2.22. The lowest BCUT2D eigenvalue weighted by molar-refractivity contribution is -0.142. The number of carbonyl (C=O) groups excluding carboxylic acids is 2. The minimum atomic E-state index is -4.67. The number of para-hydroxylation sites is 1. The zero-order chi connectivity index (χ0) is 16.0. The van der Waals surface area contributed by atoms with Gasteiger partial charge in [-0.3, -0.25) is 4.79 Å². The van der Waals surface area contributed by atoms with Gasteiger partial charge < -0.3 is 10.1 Å². The highest BCUT2D eigenvalue weighted by Gasteiger charge is 2.34. The number of benzene rings is 1. The molecule has 0 aliphatic carbocycles. The molecule has 1 aromatic carbocycles. The summed E-state index contributed by atoms with van der Waals surface area (Å²) < 4.78 is 42.9. The van der Waals surface area contributed by atoms with Crippen LogP contribution in [-0.2, 0) is 20.5 Å². The van der Waals surface area contributed by atoms with Crippen LogP contribution in [0.4, 0.5) is 18.9 Å². The standard InChI is InChI=1S/C13H11ClF3NO3/c1-2-4-11(20)21-7-10(19)18-12-8(13(15,16)17)5-3-6-9(12)14/h2-6H,7H2,1H3,(H,18,19)/b4-2+. The lowest BCUT2D eigenvalue weighted by Gasteiger charge is -2.15. The summed E-state index contributed by atoms with van der Waals surface area (Å²) in [6.45, 7) is 0.854. The van der Waals surface area contributed by atoms with Crippen molar-refractivity contribution < 1.29 is 27.5 Å². The normalized spacial score (nSPS) is 11.5. The number of halogens is 4. The molecular formula is C13H11ClF3NO3. The summed E-state index contributed by atoms with van der Waals surface area (Å²) >= 11 is 5.66. The molecule has 0 fully saturated rings. The van der Waals surface area contributed by atoms with Crippen molar-refractivity contribution in [1.82, 2.24) is 0 Å². The largest absolute Gasteiger partial charge is 0.452 e. The van der Waals surface area contributed by atoms with Crippen molar-refractivity contribution in [3.63, 3.8) is 0 Å². The minimum absolute atomic E-state index is 0.266. The maximum Gasteiger partial charge on any atom is 0.418 e. The van der Waals surface area contributed by atoms with E-state index in [0.717, 1.165) is 18.2 Å². The Bertz CT molecular complexity index is 570. The first-order valence-corrected chi connectivity index (χ1v) is 6.08. The fourth-order valence-electron chi connectivity index (χ4n) is 1.38. The van der Waals surface area contributed by atoms with Crippen molar-refractivity contribution in [3.05, 3.63) is 40.9 Å². The maximum absolute atomic E-state index is 12.8. The van der Waals surface area contributed by atoms with Crippen molar-refractivity contribution in [3.8, 4) is 0 Å². The smallest absolute Gasteiger partial charge is 0.418 e. The highest BCUT2D eigenvalue weighted by Crippen LogP contribution is 2.38. The van der Waals surface area contributed by atoms with E-state index in [1.54, 1.807) is 6.92 Å². The molecule has 0 bridgehead atoms. The van der Waals surface area contributed by atoms with Gasteiger partial charge in [-0.25, -0.2) is 4.79 Å². The highest BCUT2D eigenvalue weighted by atomic mass is 35.5. The molecule has 0 aliphatic heterocycles. The molecular weight excluding hydrogens is 311 g/mol. The fourth-order valence-corrected chi connectivity index (χ4v) is 1.61. The number of rotatable bonds is 4. The molecule has 1 rings (SSSR count). The molecule has 8 heteroatoms. The Hall–Kier alpha value is -2.02. The molecule has 1 aromatic rings. The van der Waals surface area contributed by atoms with E-state index in [9.17, 15) is 22.8 Å². The van der Waals surface area contributed by atoms with Crippen LogP contribution in [0, 0.1) is 0 Å². The van der Waals surface area contributed by atoms with Crippen LogP contribution in [0.2, 0.25) is 5.02 Å². The summed E-state index contributed by atoms with van der Waals surface area (Å²) in [4.78, 5) is 22.5. The second-order valence-corrected chi connectivity index (χ2v) is 4.22. The molecule has 0 heterocycles. The number of carbonyl (C=O) groups is 2. The van der Waals surface area contributed by atoms with Crippen LogP contribution in [0.1, 0.15) is 12.5 Å².